The molecule has 136 valence electrons. The van der Waals surface area contributed by atoms with E-state index in [1.165, 1.54) is 12.1 Å². The fraction of sp³-hybridized carbons (Fsp3) is 0.421. The first-order valence-corrected chi connectivity index (χ1v) is 8.97. The largest absolute Gasteiger partial charge is 0.381 e. The first kappa shape index (κ1) is 16.9. The predicted molar refractivity (Wildman–Crippen MR) is 94.9 cm³/mol. The van der Waals surface area contributed by atoms with Crippen LogP contribution in [-0.2, 0) is 17.7 Å². The van der Waals surface area contributed by atoms with Gasteiger partial charge in [-0.2, -0.15) is 0 Å². The van der Waals surface area contributed by atoms with Crippen molar-refractivity contribution in [1.82, 2.24) is 19.2 Å². The number of ether oxygens (including phenoxy) is 1. The monoisotopic (exact) mass is 356 g/mol. The fourth-order valence-electron chi connectivity index (χ4n) is 3.52. The van der Waals surface area contributed by atoms with E-state index >= 15 is 0 Å². The summed E-state index contributed by atoms with van der Waals surface area (Å²) in [7, 11) is 0. The zero-order chi connectivity index (χ0) is 18.1. The Labute approximate surface area is 150 Å². The summed E-state index contributed by atoms with van der Waals surface area (Å²) < 4.78 is 22.6. The molecule has 0 N–H and O–H groups in total. The van der Waals surface area contributed by atoms with Gasteiger partial charge in [-0.25, -0.2) is 4.39 Å². The van der Waals surface area contributed by atoms with Crippen molar-refractivity contribution in [2.45, 2.75) is 38.6 Å². The van der Waals surface area contributed by atoms with E-state index in [4.69, 9.17) is 4.74 Å². The molecule has 1 aliphatic rings. The molecule has 1 aromatic carbocycles. The summed E-state index contributed by atoms with van der Waals surface area (Å²) in [5.74, 6) is 0.691. The molecule has 1 saturated heterocycles. The smallest absolute Gasteiger partial charge is 0.296 e. The minimum absolute atomic E-state index is 0.198. The topological polar surface area (TPSA) is 61.4 Å². The molecule has 0 aliphatic carbocycles. The van der Waals surface area contributed by atoms with E-state index in [1.807, 2.05) is 16.7 Å². The van der Waals surface area contributed by atoms with Crippen molar-refractivity contribution in [2.75, 3.05) is 13.2 Å². The van der Waals surface area contributed by atoms with Gasteiger partial charge in [0.15, 0.2) is 0 Å². The normalized spacial score (nSPS) is 17.2. The maximum absolute atomic E-state index is 13.5. The first-order valence-electron chi connectivity index (χ1n) is 8.97. The summed E-state index contributed by atoms with van der Waals surface area (Å²) in [6.07, 6.45) is 4.45. The van der Waals surface area contributed by atoms with Gasteiger partial charge in [-0.15, -0.1) is 10.2 Å². The minimum atomic E-state index is -0.311. The first-order chi connectivity index (χ1) is 12.7. The molecule has 0 amide bonds. The summed E-state index contributed by atoms with van der Waals surface area (Å²) in [4.78, 5) is 12.9. The number of hydrogen-bond acceptors (Lipinski definition) is 4. The number of aryl methyl sites for hydroxylation is 1. The average Bonchev–Trinajstić information content (AvgIpc) is 3.28. The van der Waals surface area contributed by atoms with Crippen molar-refractivity contribution in [3.05, 3.63) is 63.7 Å². The molecule has 1 fully saturated rings. The quantitative estimate of drug-likeness (QED) is 0.705. The number of nitrogens with zero attached hydrogens (tertiary/aromatic N) is 4. The van der Waals surface area contributed by atoms with Crippen molar-refractivity contribution in [1.29, 1.82) is 0 Å². The number of fused-ring (bicyclic) bond motifs is 1. The van der Waals surface area contributed by atoms with Gasteiger partial charge in [0, 0.05) is 30.8 Å². The number of benzene rings is 1. The Balaban J connectivity index is 1.86. The number of rotatable bonds is 5. The van der Waals surface area contributed by atoms with Gasteiger partial charge >= 0.3 is 0 Å². The van der Waals surface area contributed by atoms with Gasteiger partial charge in [0.05, 0.1) is 13.2 Å². The lowest BCUT2D eigenvalue weighted by molar-refractivity contribution is 0.193. The maximum Gasteiger partial charge on any atom is 0.296 e. The van der Waals surface area contributed by atoms with Gasteiger partial charge in [0.2, 0.25) is 5.65 Å². The molecular formula is C19H21FN4O2. The Kier molecular flexibility index (Phi) is 4.55. The van der Waals surface area contributed by atoms with Crippen LogP contribution < -0.4 is 5.56 Å². The molecule has 4 rings (SSSR count). The van der Waals surface area contributed by atoms with Crippen LogP contribution >= 0.6 is 0 Å². The second-order valence-corrected chi connectivity index (χ2v) is 6.70. The van der Waals surface area contributed by atoms with Crippen molar-refractivity contribution < 1.29 is 9.13 Å². The molecule has 1 unspecified atom stereocenters. The third kappa shape index (κ3) is 3.03. The average molecular weight is 356 g/mol. The molecule has 26 heavy (non-hydrogen) atoms. The van der Waals surface area contributed by atoms with Gasteiger partial charge in [-0.1, -0.05) is 19.1 Å². The van der Waals surface area contributed by atoms with E-state index in [-0.39, 0.29) is 17.3 Å². The second kappa shape index (κ2) is 6.99. The Hall–Kier alpha value is -2.54. The summed E-state index contributed by atoms with van der Waals surface area (Å²) in [5, 5.41) is 8.39. The van der Waals surface area contributed by atoms with Crippen LogP contribution in [0.3, 0.4) is 0 Å². The number of aromatic nitrogens is 4. The molecule has 0 saturated carbocycles. The van der Waals surface area contributed by atoms with Gasteiger partial charge < -0.3 is 9.30 Å². The standard InChI is InChI=1S/C19H21FN4O2/c1-2-4-17-21-22-18-19(25)23(10-13-5-3-6-15(20)9-13)11-16(24(17)18)14-7-8-26-12-14/h3,5-6,9,11,14H,2,4,7-8,10,12H2,1H3. The maximum atomic E-state index is 13.5. The van der Waals surface area contributed by atoms with Gasteiger partial charge in [0.1, 0.15) is 11.6 Å². The molecule has 0 bridgehead atoms. The predicted octanol–water partition coefficient (Wildman–Crippen LogP) is 2.53. The van der Waals surface area contributed by atoms with Crippen LogP contribution in [0.5, 0.6) is 0 Å². The van der Waals surface area contributed by atoms with Gasteiger partial charge in [0.25, 0.3) is 5.56 Å². The molecule has 2 aromatic heterocycles. The number of hydrogen-bond donors (Lipinski definition) is 0. The van der Waals surface area contributed by atoms with E-state index in [0.29, 0.717) is 25.4 Å². The highest BCUT2D eigenvalue weighted by Crippen LogP contribution is 2.26. The lowest BCUT2D eigenvalue weighted by Crippen LogP contribution is -2.26. The molecule has 7 heteroatoms. The Bertz CT molecular complexity index is 989. The molecule has 6 nitrogen and oxygen atoms in total. The van der Waals surface area contributed by atoms with E-state index in [2.05, 4.69) is 17.1 Å². The molecule has 0 spiro atoms. The van der Waals surface area contributed by atoms with Crippen LogP contribution in [0.25, 0.3) is 5.65 Å². The van der Waals surface area contributed by atoms with Crippen LogP contribution in [0.4, 0.5) is 4.39 Å². The highest BCUT2D eigenvalue weighted by Gasteiger charge is 2.24. The van der Waals surface area contributed by atoms with Crippen molar-refractivity contribution >= 4 is 5.65 Å². The summed E-state index contributed by atoms with van der Waals surface area (Å²) in [6, 6.07) is 6.30. The molecule has 0 radical (unpaired) electrons. The van der Waals surface area contributed by atoms with Crippen molar-refractivity contribution in [3.8, 4) is 0 Å². The Morgan fingerprint density at radius 1 is 1.35 bits per heavy atom. The highest BCUT2D eigenvalue weighted by molar-refractivity contribution is 5.39. The third-order valence-electron chi connectivity index (χ3n) is 4.79. The minimum Gasteiger partial charge on any atom is -0.381 e. The van der Waals surface area contributed by atoms with E-state index in [1.54, 1.807) is 10.6 Å². The van der Waals surface area contributed by atoms with Crippen molar-refractivity contribution in [2.24, 2.45) is 0 Å². The van der Waals surface area contributed by atoms with E-state index in [9.17, 15) is 9.18 Å². The SMILES string of the molecule is CCCc1nnc2c(=O)n(Cc3cccc(F)c3)cc(C3CCOC3)n12. The van der Waals surface area contributed by atoms with E-state index < -0.39 is 0 Å². The molecule has 1 atom stereocenters. The Morgan fingerprint density at radius 2 is 2.23 bits per heavy atom. The van der Waals surface area contributed by atoms with E-state index in [0.717, 1.165) is 36.3 Å². The van der Waals surface area contributed by atoms with Gasteiger partial charge in [-0.3, -0.25) is 9.20 Å². The van der Waals surface area contributed by atoms with Crippen LogP contribution in [-0.4, -0.2) is 32.4 Å². The summed E-state index contributed by atoms with van der Waals surface area (Å²) in [5.41, 5.74) is 1.83. The number of halogens is 1. The lowest BCUT2D eigenvalue weighted by atomic mass is 10.0. The Morgan fingerprint density at radius 3 is 2.96 bits per heavy atom. The molecular weight excluding hydrogens is 335 g/mol. The lowest BCUT2D eigenvalue weighted by Gasteiger charge is -2.16. The molecule has 3 heterocycles. The second-order valence-electron chi connectivity index (χ2n) is 6.70. The van der Waals surface area contributed by atoms with Crippen molar-refractivity contribution in [3.63, 3.8) is 0 Å². The van der Waals surface area contributed by atoms with Crippen LogP contribution in [0.2, 0.25) is 0 Å². The highest BCUT2D eigenvalue weighted by atomic mass is 19.1. The summed E-state index contributed by atoms with van der Waals surface area (Å²) in [6.45, 7) is 3.70. The van der Waals surface area contributed by atoms with Gasteiger partial charge in [-0.05, 0) is 30.5 Å². The van der Waals surface area contributed by atoms with Crippen LogP contribution in [0.1, 0.15) is 42.8 Å². The molecule has 3 aromatic rings. The fourth-order valence-corrected chi connectivity index (χ4v) is 3.52. The van der Waals surface area contributed by atoms with Crippen LogP contribution in [0, 0.1) is 5.82 Å². The van der Waals surface area contributed by atoms with Crippen LogP contribution in [0.15, 0.2) is 35.3 Å². The third-order valence-corrected chi connectivity index (χ3v) is 4.79. The zero-order valence-electron chi connectivity index (χ0n) is 14.7. The zero-order valence-corrected chi connectivity index (χ0v) is 14.7. The summed E-state index contributed by atoms with van der Waals surface area (Å²) >= 11 is 0. The molecule has 1 aliphatic heterocycles.